The number of H-pyrrole nitrogens is 1. The maximum atomic E-state index is 12.6. The molecule has 1 saturated heterocycles. The molecule has 34 heavy (non-hydrogen) atoms. The van der Waals surface area contributed by atoms with Crippen molar-refractivity contribution < 1.29 is 4.79 Å². The quantitative estimate of drug-likeness (QED) is 0.370. The van der Waals surface area contributed by atoms with Crippen molar-refractivity contribution in [1.82, 2.24) is 14.9 Å². The van der Waals surface area contributed by atoms with Crippen LogP contribution >= 0.6 is 11.3 Å². The number of hydrogen-bond acceptors (Lipinski definition) is 5. The van der Waals surface area contributed by atoms with Crippen molar-refractivity contribution in [2.45, 2.75) is 38.5 Å². The number of amides is 1. The van der Waals surface area contributed by atoms with E-state index in [4.69, 9.17) is 5.73 Å². The Morgan fingerprint density at radius 3 is 2.79 bits per heavy atom. The molecule has 1 aliphatic heterocycles. The van der Waals surface area contributed by atoms with Gasteiger partial charge in [0, 0.05) is 66.1 Å². The molecule has 3 N–H and O–H groups in total. The van der Waals surface area contributed by atoms with Crippen LogP contribution in [0.2, 0.25) is 0 Å². The molecule has 0 spiro atoms. The number of fused-ring (bicyclic) bond motifs is 2. The van der Waals surface area contributed by atoms with Gasteiger partial charge < -0.3 is 20.5 Å². The van der Waals surface area contributed by atoms with Crippen LogP contribution < -0.4 is 10.6 Å². The number of carbonyl (C=O) groups is 1. The van der Waals surface area contributed by atoms with Crippen molar-refractivity contribution >= 4 is 43.9 Å². The number of unbranched alkanes of at least 4 members (excludes halogenated alkanes) is 1. The third-order valence-corrected chi connectivity index (χ3v) is 8.34. The van der Waals surface area contributed by atoms with Gasteiger partial charge in [0.1, 0.15) is 0 Å². The first kappa shape index (κ1) is 22.9. The summed E-state index contributed by atoms with van der Waals surface area (Å²) in [6, 6.07) is 8.71. The molecule has 178 valence electrons. The van der Waals surface area contributed by atoms with Gasteiger partial charge in [0.05, 0.1) is 4.88 Å². The third-order valence-electron chi connectivity index (χ3n) is 7.15. The maximum Gasteiger partial charge on any atom is 0.259 e. The minimum absolute atomic E-state index is 0.227. The topological polar surface area (TPSA) is 78.2 Å². The summed E-state index contributed by atoms with van der Waals surface area (Å²) in [5.41, 5.74) is 10.6. The Bertz CT molecular complexity index is 1300. The van der Waals surface area contributed by atoms with Crippen molar-refractivity contribution in [2.75, 3.05) is 38.1 Å². The monoisotopic (exact) mass is 475 g/mol. The lowest BCUT2D eigenvalue weighted by Crippen LogP contribution is -2.44. The SMILES string of the molecule is CCCCC(Cc1c[nH]c2ccncc12)c1c(C(N)=O)sc2cc(N3CCN(C)CC3)ccc12. The number of nitrogens with one attached hydrogen (secondary N) is 1. The number of pyridine rings is 1. The van der Waals surface area contributed by atoms with Crippen LogP contribution in [-0.4, -0.2) is 54.0 Å². The molecule has 6 nitrogen and oxygen atoms in total. The zero-order valence-corrected chi connectivity index (χ0v) is 20.8. The average molecular weight is 476 g/mol. The number of anilines is 1. The Morgan fingerprint density at radius 1 is 1.21 bits per heavy atom. The van der Waals surface area contributed by atoms with E-state index in [0.717, 1.165) is 73.0 Å². The van der Waals surface area contributed by atoms with Gasteiger partial charge in [0.15, 0.2) is 0 Å². The number of piperazine rings is 1. The van der Waals surface area contributed by atoms with Crippen LogP contribution in [0.15, 0.2) is 42.9 Å². The summed E-state index contributed by atoms with van der Waals surface area (Å²) >= 11 is 1.56. The van der Waals surface area contributed by atoms with E-state index in [1.54, 1.807) is 11.3 Å². The molecule has 4 heterocycles. The van der Waals surface area contributed by atoms with Crippen LogP contribution in [0.5, 0.6) is 0 Å². The second-order valence-electron chi connectivity index (χ2n) is 9.46. The molecule has 0 radical (unpaired) electrons. The van der Waals surface area contributed by atoms with Gasteiger partial charge >= 0.3 is 0 Å². The molecule has 0 bridgehead atoms. The molecule has 0 aliphatic carbocycles. The van der Waals surface area contributed by atoms with E-state index in [1.165, 1.54) is 16.6 Å². The van der Waals surface area contributed by atoms with Gasteiger partial charge in [-0.2, -0.15) is 0 Å². The average Bonchev–Trinajstić information content (AvgIpc) is 3.43. The second-order valence-corrected chi connectivity index (χ2v) is 10.5. The van der Waals surface area contributed by atoms with Gasteiger partial charge in [0.25, 0.3) is 5.91 Å². The predicted octanol–water partition coefficient (Wildman–Crippen LogP) is 5.14. The first-order valence-corrected chi connectivity index (χ1v) is 13.1. The second kappa shape index (κ2) is 9.76. The zero-order valence-electron chi connectivity index (χ0n) is 20.0. The molecule has 5 rings (SSSR count). The normalized spacial score (nSPS) is 15.9. The lowest BCUT2D eigenvalue weighted by atomic mass is 9.86. The van der Waals surface area contributed by atoms with Gasteiger partial charge in [-0.05, 0) is 60.5 Å². The number of aromatic amines is 1. The van der Waals surface area contributed by atoms with E-state index in [0.29, 0.717) is 4.88 Å². The standard InChI is InChI=1S/C27H33N5OS/c1-3-4-5-18(14-19-16-30-23-8-9-29-17-22(19)23)25-21-7-6-20(32-12-10-31(2)11-13-32)15-24(21)34-26(25)27(28)33/h6-9,15-18,30H,3-5,10-14H2,1-2H3,(H2,28,33). The summed E-state index contributed by atoms with van der Waals surface area (Å²) in [6.07, 6.45) is 9.95. The number of rotatable bonds is 8. The Labute approximate surface area is 204 Å². The number of carbonyl (C=O) groups excluding carboxylic acids is 1. The Hall–Kier alpha value is -2.90. The number of aromatic nitrogens is 2. The molecule has 3 aromatic heterocycles. The van der Waals surface area contributed by atoms with Crippen LogP contribution in [0, 0.1) is 0 Å². The lowest BCUT2D eigenvalue weighted by molar-refractivity contribution is 0.100. The summed E-state index contributed by atoms with van der Waals surface area (Å²) in [5, 5.41) is 2.33. The van der Waals surface area contributed by atoms with Crippen molar-refractivity contribution in [1.29, 1.82) is 0 Å². The molecule has 7 heteroatoms. The number of primary amides is 1. The Kier molecular flexibility index (Phi) is 6.57. The van der Waals surface area contributed by atoms with Crippen LogP contribution in [0.4, 0.5) is 5.69 Å². The fourth-order valence-corrected chi connectivity index (χ4v) is 6.38. The molecule has 1 atom stereocenters. The predicted molar refractivity (Wildman–Crippen MR) is 142 cm³/mol. The smallest absolute Gasteiger partial charge is 0.259 e. The number of nitrogens with zero attached hydrogens (tertiary/aromatic N) is 3. The third kappa shape index (κ3) is 4.42. The van der Waals surface area contributed by atoms with Crippen LogP contribution in [0.25, 0.3) is 21.0 Å². The van der Waals surface area contributed by atoms with Gasteiger partial charge in [-0.1, -0.05) is 25.8 Å². The molecular weight excluding hydrogens is 442 g/mol. The van der Waals surface area contributed by atoms with Crippen molar-refractivity contribution in [3.63, 3.8) is 0 Å². The van der Waals surface area contributed by atoms with Gasteiger partial charge in [-0.25, -0.2) is 0 Å². The Balaban J connectivity index is 1.55. The molecular formula is C27H33N5OS. The van der Waals surface area contributed by atoms with Crippen molar-refractivity contribution in [3.8, 4) is 0 Å². The fourth-order valence-electron chi connectivity index (χ4n) is 5.21. The van der Waals surface area contributed by atoms with Crippen molar-refractivity contribution in [3.05, 3.63) is 58.9 Å². The maximum absolute atomic E-state index is 12.6. The zero-order chi connectivity index (χ0) is 23.7. The van der Waals surface area contributed by atoms with E-state index < -0.39 is 0 Å². The molecule has 1 amide bonds. The molecule has 1 unspecified atom stereocenters. The van der Waals surface area contributed by atoms with Gasteiger partial charge in [-0.15, -0.1) is 11.3 Å². The summed E-state index contributed by atoms with van der Waals surface area (Å²) in [4.78, 5) is 25.8. The van der Waals surface area contributed by atoms with Crippen LogP contribution in [0.3, 0.4) is 0 Å². The highest BCUT2D eigenvalue weighted by molar-refractivity contribution is 7.21. The highest BCUT2D eigenvalue weighted by atomic mass is 32.1. The molecule has 0 saturated carbocycles. The Morgan fingerprint density at radius 2 is 2.03 bits per heavy atom. The molecule has 1 aliphatic rings. The first-order valence-electron chi connectivity index (χ1n) is 12.2. The number of thiophene rings is 1. The highest BCUT2D eigenvalue weighted by Crippen LogP contribution is 2.41. The van der Waals surface area contributed by atoms with Crippen LogP contribution in [-0.2, 0) is 6.42 Å². The van der Waals surface area contributed by atoms with E-state index >= 15 is 0 Å². The molecule has 1 aromatic carbocycles. The summed E-state index contributed by atoms with van der Waals surface area (Å²) in [7, 11) is 2.17. The van der Waals surface area contributed by atoms with Crippen LogP contribution in [0.1, 0.15) is 52.9 Å². The van der Waals surface area contributed by atoms with Crippen molar-refractivity contribution in [2.24, 2.45) is 5.73 Å². The molecule has 1 fully saturated rings. The largest absolute Gasteiger partial charge is 0.369 e. The minimum atomic E-state index is -0.320. The van der Waals surface area contributed by atoms with E-state index in [9.17, 15) is 4.79 Å². The lowest BCUT2D eigenvalue weighted by Gasteiger charge is -2.34. The minimum Gasteiger partial charge on any atom is -0.369 e. The van der Waals surface area contributed by atoms with Gasteiger partial charge in [-0.3, -0.25) is 9.78 Å². The van der Waals surface area contributed by atoms with E-state index in [-0.39, 0.29) is 11.8 Å². The highest BCUT2D eigenvalue weighted by Gasteiger charge is 2.26. The first-order chi connectivity index (χ1) is 16.5. The van der Waals surface area contributed by atoms with E-state index in [2.05, 4.69) is 58.1 Å². The summed E-state index contributed by atoms with van der Waals surface area (Å²) in [6.45, 7) is 6.40. The summed E-state index contributed by atoms with van der Waals surface area (Å²) < 4.78 is 1.15. The number of likely N-dealkylation sites (N-methyl/N-ethyl adjacent to an activating group) is 1. The van der Waals surface area contributed by atoms with Gasteiger partial charge in [0.2, 0.25) is 0 Å². The van der Waals surface area contributed by atoms with E-state index in [1.807, 2.05) is 18.5 Å². The fraction of sp³-hybridized carbons (Fsp3) is 0.407. The molecule has 4 aromatic rings. The summed E-state index contributed by atoms with van der Waals surface area (Å²) in [5.74, 6) is -0.0932. The number of benzene rings is 1. The number of nitrogens with two attached hydrogens (primary N) is 1. The number of hydrogen-bond donors (Lipinski definition) is 2.